The molecule has 0 fully saturated rings. The van der Waals surface area contributed by atoms with Crippen molar-refractivity contribution in [3.63, 3.8) is 0 Å². The molecular weight excluding hydrogens is 252 g/mol. The van der Waals surface area contributed by atoms with Gasteiger partial charge in [-0.15, -0.1) is 0 Å². The number of carbonyl (C=O) groups is 1. The van der Waals surface area contributed by atoms with E-state index in [1.54, 1.807) is 0 Å². The summed E-state index contributed by atoms with van der Waals surface area (Å²) in [5.41, 5.74) is 1.52. The molecule has 2 aromatic rings. The lowest BCUT2D eigenvalue weighted by atomic mass is 10.1. The number of rotatable bonds is 6. The van der Waals surface area contributed by atoms with Crippen LogP contribution in [0.1, 0.15) is 44.1 Å². The van der Waals surface area contributed by atoms with Crippen LogP contribution < -0.4 is 10.1 Å². The first kappa shape index (κ1) is 14.4. The third kappa shape index (κ3) is 3.13. The minimum Gasteiger partial charge on any atom is -0.494 e. The molecule has 108 valence electrons. The summed E-state index contributed by atoms with van der Waals surface area (Å²) in [6.45, 7) is 6.74. The van der Waals surface area contributed by atoms with E-state index >= 15 is 0 Å². The van der Waals surface area contributed by atoms with Crippen LogP contribution in [0, 0.1) is 0 Å². The van der Waals surface area contributed by atoms with Crippen molar-refractivity contribution < 1.29 is 9.53 Å². The summed E-state index contributed by atoms with van der Waals surface area (Å²) in [5.74, 6) is 0.765. The number of amides is 1. The van der Waals surface area contributed by atoms with Crippen LogP contribution in [-0.2, 0) is 0 Å². The van der Waals surface area contributed by atoms with E-state index in [-0.39, 0.29) is 11.9 Å². The molecule has 0 bridgehead atoms. The number of aromatic nitrogens is 1. The van der Waals surface area contributed by atoms with Crippen LogP contribution >= 0.6 is 0 Å². The second kappa shape index (κ2) is 6.46. The van der Waals surface area contributed by atoms with Crippen LogP contribution in [0.3, 0.4) is 0 Å². The Morgan fingerprint density at radius 3 is 2.65 bits per heavy atom. The van der Waals surface area contributed by atoms with E-state index in [9.17, 15) is 4.79 Å². The van der Waals surface area contributed by atoms with Gasteiger partial charge in [-0.2, -0.15) is 0 Å². The Morgan fingerprint density at radius 1 is 1.25 bits per heavy atom. The molecule has 0 atom stereocenters. The molecule has 0 aliphatic carbocycles. The first-order valence-corrected chi connectivity index (χ1v) is 7.24. The molecule has 20 heavy (non-hydrogen) atoms. The topological polar surface area (TPSA) is 54.1 Å². The minimum absolute atomic E-state index is 0.0483. The molecule has 0 spiro atoms. The maximum absolute atomic E-state index is 12.2. The standard InChI is InChI=1S/C16H22N2O2/c1-4-12(5-2)17-16(19)15-9-11-7-8-13(20-6-3)10-14(11)18-15/h7-10,12,18H,4-6H2,1-3H3,(H,17,19). The lowest BCUT2D eigenvalue weighted by Gasteiger charge is -2.13. The maximum atomic E-state index is 12.2. The van der Waals surface area contributed by atoms with E-state index < -0.39 is 0 Å². The molecule has 4 nitrogen and oxygen atoms in total. The highest BCUT2D eigenvalue weighted by atomic mass is 16.5. The molecular formula is C16H22N2O2. The van der Waals surface area contributed by atoms with Gasteiger partial charge in [0.2, 0.25) is 0 Å². The zero-order valence-corrected chi connectivity index (χ0v) is 12.3. The fourth-order valence-electron chi connectivity index (χ4n) is 2.24. The van der Waals surface area contributed by atoms with E-state index in [0.29, 0.717) is 12.3 Å². The van der Waals surface area contributed by atoms with Crippen LogP contribution in [0.2, 0.25) is 0 Å². The van der Waals surface area contributed by atoms with Crippen molar-refractivity contribution >= 4 is 16.8 Å². The van der Waals surface area contributed by atoms with E-state index in [1.807, 2.05) is 31.2 Å². The fraction of sp³-hybridized carbons (Fsp3) is 0.438. The van der Waals surface area contributed by atoms with Crippen LogP contribution in [-0.4, -0.2) is 23.5 Å². The summed E-state index contributed by atoms with van der Waals surface area (Å²) < 4.78 is 5.46. The monoisotopic (exact) mass is 274 g/mol. The van der Waals surface area contributed by atoms with Gasteiger partial charge in [0.1, 0.15) is 11.4 Å². The van der Waals surface area contributed by atoms with Crippen molar-refractivity contribution in [1.29, 1.82) is 0 Å². The number of nitrogens with one attached hydrogen (secondary N) is 2. The second-order valence-electron chi connectivity index (χ2n) is 4.85. The molecule has 1 amide bonds. The van der Waals surface area contributed by atoms with Crippen molar-refractivity contribution in [2.24, 2.45) is 0 Å². The van der Waals surface area contributed by atoms with Crippen molar-refractivity contribution in [2.75, 3.05) is 6.61 Å². The van der Waals surface area contributed by atoms with Crippen molar-refractivity contribution in [3.05, 3.63) is 30.0 Å². The summed E-state index contributed by atoms with van der Waals surface area (Å²) in [7, 11) is 0. The third-order valence-corrected chi connectivity index (χ3v) is 3.47. The van der Waals surface area contributed by atoms with E-state index in [0.717, 1.165) is 29.5 Å². The summed E-state index contributed by atoms with van der Waals surface area (Å²) in [4.78, 5) is 15.3. The van der Waals surface area contributed by atoms with Gasteiger partial charge in [0.05, 0.1) is 6.61 Å². The molecule has 0 aliphatic heterocycles. The molecule has 2 rings (SSSR count). The number of carbonyl (C=O) groups excluding carboxylic acids is 1. The Bertz CT molecular complexity index is 585. The van der Waals surface area contributed by atoms with Crippen LogP contribution in [0.4, 0.5) is 0 Å². The molecule has 1 aromatic carbocycles. The van der Waals surface area contributed by atoms with Gasteiger partial charge in [-0.25, -0.2) is 0 Å². The highest BCUT2D eigenvalue weighted by molar-refractivity contribution is 5.98. The number of hydrogen-bond acceptors (Lipinski definition) is 2. The molecule has 0 radical (unpaired) electrons. The smallest absolute Gasteiger partial charge is 0.267 e. The largest absolute Gasteiger partial charge is 0.494 e. The number of hydrogen-bond donors (Lipinski definition) is 2. The average Bonchev–Trinajstić information content (AvgIpc) is 2.88. The number of aromatic amines is 1. The van der Waals surface area contributed by atoms with Gasteiger partial charge in [0.25, 0.3) is 5.91 Å². The SMILES string of the molecule is CCOc1ccc2cc(C(=O)NC(CC)CC)[nH]c2c1. The lowest BCUT2D eigenvalue weighted by molar-refractivity contribution is 0.0930. The number of ether oxygens (including phenoxy) is 1. The quantitative estimate of drug-likeness (QED) is 0.847. The van der Waals surface area contributed by atoms with Gasteiger partial charge in [0.15, 0.2) is 0 Å². The molecule has 0 saturated heterocycles. The molecule has 0 saturated carbocycles. The number of fused-ring (bicyclic) bond motifs is 1. The zero-order valence-electron chi connectivity index (χ0n) is 12.3. The first-order valence-electron chi connectivity index (χ1n) is 7.24. The lowest BCUT2D eigenvalue weighted by Crippen LogP contribution is -2.33. The van der Waals surface area contributed by atoms with Crippen molar-refractivity contribution in [3.8, 4) is 5.75 Å². The van der Waals surface area contributed by atoms with E-state index in [4.69, 9.17) is 4.74 Å². The van der Waals surface area contributed by atoms with Crippen molar-refractivity contribution in [1.82, 2.24) is 10.3 Å². The highest BCUT2D eigenvalue weighted by Gasteiger charge is 2.13. The Kier molecular flexibility index (Phi) is 4.66. The van der Waals surface area contributed by atoms with Gasteiger partial charge < -0.3 is 15.0 Å². The molecule has 4 heteroatoms. The fourth-order valence-corrected chi connectivity index (χ4v) is 2.24. The summed E-state index contributed by atoms with van der Waals surface area (Å²) in [6.07, 6.45) is 1.88. The third-order valence-electron chi connectivity index (χ3n) is 3.47. The maximum Gasteiger partial charge on any atom is 0.267 e. The Morgan fingerprint density at radius 2 is 2.00 bits per heavy atom. The molecule has 0 aliphatic rings. The number of H-pyrrole nitrogens is 1. The summed E-state index contributed by atoms with van der Waals surface area (Å²) in [6, 6.07) is 7.91. The van der Waals surface area contributed by atoms with E-state index in [1.165, 1.54) is 0 Å². The number of benzene rings is 1. The van der Waals surface area contributed by atoms with Crippen LogP contribution in [0.25, 0.3) is 10.9 Å². The van der Waals surface area contributed by atoms with Crippen molar-refractivity contribution in [2.45, 2.75) is 39.7 Å². The normalized spacial score (nSPS) is 11.0. The molecule has 1 heterocycles. The van der Waals surface area contributed by atoms with E-state index in [2.05, 4.69) is 24.1 Å². The second-order valence-corrected chi connectivity index (χ2v) is 4.85. The average molecular weight is 274 g/mol. The van der Waals surface area contributed by atoms with Crippen LogP contribution in [0.5, 0.6) is 5.75 Å². The Balaban J connectivity index is 2.20. The van der Waals surface area contributed by atoms with Crippen LogP contribution in [0.15, 0.2) is 24.3 Å². The summed E-state index contributed by atoms with van der Waals surface area (Å²) in [5, 5.41) is 4.05. The molecule has 1 aromatic heterocycles. The Hall–Kier alpha value is -1.97. The van der Waals surface area contributed by atoms with Gasteiger partial charge >= 0.3 is 0 Å². The summed E-state index contributed by atoms with van der Waals surface area (Å²) >= 11 is 0. The zero-order chi connectivity index (χ0) is 14.5. The first-order chi connectivity index (χ1) is 9.67. The predicted octanol–water partition coefficient (Wildman–Crippen LogP) is 3.49. The predicted molar refractivity (Wildman–Crippen MR) is 81.3 cm³/mol. The van der Waals surface area contributed by atoms with Gasteiger partial charge in [0, 0.05) is 23.0 Å². The van der Waals surface area contributed by atoms with Gasteiger partial charge in [-0.1, -0.05) is 13.8 Å². The minimum atomic E-state index is -0.0483. The Labute approximate surface area is 119 Å². The highest BCUT2D eigenvalue weighted by Crippen LogP contribution is 2.21. The van der Waals surface area contributed by atoms with Gasteiger partial charge in [-0.05, 0) is 38.0 Å². The van der Waals surface area contributed by atoms with Gasteiger partial charge in [-0.3, -0.25) is 4.79 Å². The molecule has 2 N–H and O–H groups in total. The molecule has 0 unspecified atom stereocenters.